The van der Waals surface area contributed by atoms with Crippen LogP contribution in [0.15, 0.2) is 29.2 Å². The zero-order chi connectivity index (χ0) is 10.6. The molecule has 0 spiro atoms. The Morgan fingerprint density at radius 2 is 2.00 bits per heavy atom. The van der Waals surface area contributed by atoms with Gasteiger partial charge in [0.25, 0.3) is 0 Å². The normalized spacial score (nSPS) is 11.3. The second-order valence-corrected chi connectivity index (χ2v) is 4.42. The summed E-state index contributed by atoms with van der Waals surface area (Å²) in [5.41, 5.74) is 5.37. The Labute approximate surface area is 98.4 Å². The largest absolute Gasteiger partial charge is 0.465 e. The molecule has 1 rings (SSSR count). The molecule has 0 bridgehead atoms. The first-order valence-corrected chi connectivity index (χ1v) is 5.22. The Balaban J connectivity index is 0.00000196. The van der Waals surface area contributed by atoms with Crippen LogP contribution in [0.4, 0.5) is 0 Å². The van der Waals surface area contributed by atoms with Crippen molar-refractivity contribution in [2.24, 2.45) is 5.73 Å². The molecule has 4 nitrogen and oxygen atoms in total. The smallest absolute Gasteiger partial charge is 0.194 e. The maximum Gasteiger partial charge on any atom is 0.194 e. The lowest BCUT2D eigenvalue weighted by molar-refractivity contribution is -0.000323. The van der Waals surface area contributed by atoms with E-state index in [1.165, 1.54) is 11.8 Å². The van der Waals surface area contributed by atoms with E-state index in [0.29, 0.717) is 10.1 Å². The number of quaternary nitrogens is 1. The van der Waals surface area contributed by atoms with E-state index >= 15 is 0 Å². The third-order valence-corrected chi connectivity index (χ3v) is 2.31. The van der Waals surface area contributed by atoms with E-state index in [1.54, 1.807) is 19.1 Å². The van der Waals surface area contributed by atoms with Gasteiger partial charge in [-0.15, -0.1) is 0 Å². The highest BCUT2D eigenvalue weighted by atomic mass is 32.2. The molecule has 0 saturated carbocycles. The summed E-state index contributed by atoms with van der Waals surface area (Å²) in [6.07, 6.45) is -0.802. The van der Waals surface area contributed by atoms with Crippen LogP contribution in [0.25, 0.3) is 0 Å². The minimum atomic E-state index is -0.802. The zero-order valence-electron chi connectivity index (χ0n) is 8.64. The highest BCUT2D eigenvalue weighted by Crippen LogP contribution is 2.21. The summed E-state index contributed by atoms with van der Waals surface area (Å²) in [6.45, 7) is 1.55. The van der Waals surface area contributed by atoms with Crippen LogP contribution in [-0.2, 0) is 0 Å². The predicted molar refractivity (Wildman–Crippen MR) is 67.4 cm³/mol. The van der Waals surface area contributed by atoms with Gasteiger partial charge < -0.3 is 21.7 Å². The molecule has 15 heavy (non-hydrogen) atoms. The Morgan fingerprint density at radius 3 is 2.40 bits per heavy atom. The van der Waals surface area contributed by atoms with Crippen molar-refractivity contribution in [1.82, 2.24) is 6.15 Å². The van der Waals surface area contributed by atoms with E-state index in [9.17, 15) is 0 Å². The second-order valence-electron chi connectivity index (χ2n) is 2.61. The van der Waals surface area contributed by atoms with E-state index in [2.05, 4.69) is 0 Å². The number of thiocarbonyl (C=S) groups is 1. The third kappa shape index (κ3) is 5.58. The van der Waals surface area contributed by atoms with Gasteiger partial charge in [-0.1, -0.05) is 24.0 Å². The first-order valence-electron chi connectivity index (χ1n) is 4.00. The van der Waals surface area contributed by atoms with E-state index in [4.69, 9.17) is 27.8 Å². The summed E-state index contributed by atoms with van der Waals surface area (Å²) in [7, 11) is 0. The number of ether oxygens (including phenoxy) is 1. The van der Waals surface area contributed by atoms with E-state index in [0.717, 1.165) is 4.90 Å². The standard InChI is InChI=1S/C9H11NO2S2.H3N/c1-6(11)12-7-2-4-8(5-3-7)14-9(10)13;/h2-6,11H,1H3,(H2,10,13);1H3/p+1. The molecule has 0 fully saturated rings. The number of nitrogens with two attached hydrogens (primary N) is 1. The summed E-state index contributed by atoms with van der Waals surface area (Å²) >= 11 is 6.07. The van der Waals surface area contributed by atoms with Gasteiger partial charge in [0.15, 0.2) is 6.29 Å². The molecule has 0 amide bonds. The number of rotatable bonds is 3. The van der Waals surface area contributed by atoms with Gasteiger partial charge in [0, 0.05) is 4.90 Å². The molecule has 84 valence electrons. The van der Waals surface area contributed by atoms with Crippen molar-refractivity contribution >= 4 is 28.3 Å². The minimum absolute atomic E-state index is 0. The van der Waals surface area contributed by atoms with Gasteiger partial charge in [0.1, 0.15) is 10.1 Å². The molecule has 0 aromatic heterocycles. The Hall–Kier alpha value is -0.820. The van der Waals surface area contributed by atoms with Gasteiger partial charge in [0.05, 0.1) is 0 Å². The summed E-state index contributed by atoms with van der Waals surface area (Å²) in [5, 5.41) is 8.95. The lowest BCUT2D eigenvalue weighted by atomic mass is 10.3. The molecule has 1 aromatic rings. The monoisotopic (exact) mass is 247 g/mol. The van der Waals surface area contributed by atoms with Crippen molar-refractivity contribution < 1.29 is 9.84 Å². The van der Waals surface area contributed by atoms with E-state index < -0.39 is 6.29 Å². The predicted octanol–water partition coefficient (Wildman–Crippen LogP) is 2.12. The average Bonchev–Trinajstić information content (AvgIpc) is 2.06. The van der Waals surface area contributed by atoms with Crippen LogP contribution in [0.3, 0.4) is 0 Å². The van der Waals surface area contributed by atoms with E-state index in [1.807, 2.05) is 12.1 Å². The van der Waals surface area contributed by atoms with Crippen LogP contribution in [0.1, 0.15) is 6.92 Å². The summed E-state index contributed by atoms with van der Waals surface area (Å²) in [4.78, 5) is 0.954. The lowest BCUT2D eigenvalue weighted by Gasteiger charge is -2.08. The van der Waals surface area contributed by atoms with Gasteiger partial charge in [-0.3, -0.25) is 0 Å². The molecule has 1 unspecified atom stereocenters. The molecule has 0 aliphatic heterocycles. The summed E-state index contributed by atoms with van der Waals surface area (Å²) in [6, 6.07) is 7.18. The summed E-state index contributed by atoms with van der Waals surface area (Å²) in [5.74, 6) is 0.618. The number of aliphatic hydroxyl groups excluding tert-OH is 1. The van der Waals surface area contributed by atoms with Crippen molar-refractivity contribution in [3.63, 3.8) is 0 Å². The Morgan fingerprint density at radius 1 is 1.47 bits per heavy atom. The molecule has 0 radical (unpaired) electrons. The molecule has 0 aliphatic rings. The van der Waals surface area contributed by atoms with Gasteiger partial charge >= 0.3 is 0 Å². The van der Waals surface area contributed by atoms with Gasteiger partial charge in [-0.2, -0.15) is 0 Å². The number of thioether (sulfide) groups is 1. The lowest BCUT2D eigenvalue weighted by Crippen LogP contribution is -2.09. The number of hydrogen-bond acceptors (Lipinski definition) is 4. The van der Waals surface area contributed by atoms with Crippen molar-refractivity contribution in [1.29, 1.82) is 0 Å². The van der Waals surface area contributed by atoms with Crippen LogP contribution < -0.4 is 16.6 Å². The van der Waals surface area contributed by atoms with Crippen molar-refractivity contribution in [3.05, 3.63) is 24.3 Å². The number of aliphatic hydroxyl groups is 1. The molecular formula is C9H15N2O2S2+. The molecule has 7 N–H and O–H groups in total. The fourth-order valence-electron chi connectivity index (χ4n) is 0.899. The Bertz CT molecular complexity index is 314. The molecule has 1 aromatic carbocycles. The van der Waals surface area contributed by atoms with Gasteiger partial charge in [0.2, 0.25) is 0 Å². The molecule has 0 aliphatic carbocycles. The zero-order valence-corrected chi connectivity index (χ0v) is 10.3. The highest BCUT2D eigenvalue weighted by Gasteiger charge is 1.99. The topological polar surface area (TPSA) is 92.0 Å². The first-order chi connectivity index (χ1) is 6.58. The second kappa shape index (κ2) is 6.62. The average molecular weight is 247 g/mol. The third-order valence-electron chi connectivity index (χ3n) is 1.35. The van der Waals surface area contributed by atoms with Gasteiger partial charge in [-0.05, 0) is 31.2 Å². The first kappa shape index (κ1) is 14.2. The Kier molecular flexibility index (Phi) is 6.26. The molecule has 0 heterocycles. The maximum absolute atomic E-state index is 8.95. The molecule has 0 saturated heterocycles. The molecule has 1 atom stereocenters. The fourth-order valence-corrected chi connectivity index (χ4v) is 1.69. The van der Waals surface area contributed by atoms with Crippen molar-refractivity contribution in [2.45, 2.75) is 18.1 Å². The SMILES string of the molecule is CC(O)Oc1ccc(SC(N)=S)cc1.[NH4+]. The van der Waals surface area contributed by atoms with Crippen LogP contribution >= 0.6 is 24.0 Å². The van der Waals surface area contributed by atoms with Crippen LogP contribution in [-0.4, -0.2) is 15.7 Å². The van der Waals surface area contributed by atoms with E-state index in [-0.39, 0.29) is 6.15 Å². The van der Waals surface area contributed by atoms with Crippen LogP contribution in [0.5, 0.6) is 5.75 Å². The highest BCUT2D eigenvalue weighted by molar-refractivity contribution is 8.22. The quantitative estimate of drug-likeness (QED) is 0.432. The van der Waals surface area contributed by atoms with Gasteiger partial charge in [-0.25, -0.2) is 0 Å². The molecular weight excluding hydrogens is 232 g/mol. The fraction of sp³-hybridized carbons (Fsp3) is 0.222. The number of benzene rings is 1. The maximum atomic E-state index is 8.95. The minimum Gasteiger partial charge on any atom is -0.465 e. The number of hydrogen-bond donors (Lipinski definition) is 3. The van der Waals surface area contributed by atoms with Crippen molar-refractivity contribution in [2.75, 3.05) is 0 Å². The van der Waals surface area contributed by atoms with Crippen LogP contribution in [0, 0.1) is 0 Å². The molecule has 6 heteroatoms. The van der Waals surface area contributed by atoms with Crippen LogP contribution in [0.2, 0.25) is 0 Å². The van der Waals surface area contributed by atoms with Crippen molar-refractivity contribution in [3.8, 4) is 5.75 Å². The summed E-state index contributed by atoms with van der Waals surface area (Å²) < 4.78 is 5.44.